The van der Waals surface area contributed by atoms with Crippen molar-refractivity contribution in [2.75, 3.05) is 19.6 Å². The summed E-state index contributed by atoms with van der Waals surface area (Å²) >= 11 is 6.23. The fourth-order valence-corrected chi connectivity index (χ4v) is 5.49. The molecule has 0 radical (unpaired) electrons. The first-order valence-electron chi connectivity index (χ1n) is 12.3. The first-order chi connectivity index (χ1) is 17.2. The number of amides is 1. The highest BCUT2D eigenvalue weighted by atomic mass is 35.5. The van der Waals surface area contributed by atoms with Crippen LogP contribution in [0.3, 0.4) is 0 Å². The number of alkyl halides is 2. The number of rotatable bonds is 5. The SMILES string of the molecule is CC(C)(C)OC(=O)NC[C@H]1CC(F)(F)CN1C[C@H]1O[C@@H](n2ccc3c(Cl)ncnc32)[C@@H]2OC(C)(C)O[C@@H]21. The van der Waals surface area contributed by atoms with Gasteiger partial charge in [-0.25, -0.2) is 23.5 Å². The van der Waals surface area contributed by atoms with E-state index in [-0.39, 0.29) is 19.5 Å². The molecule has 204 valence electrons. The summed E-state index contributed by atoms with van der Waals surface area (Å²) in [6.45, 7) is 8.59. The van der Waals surface area contributed by atoms with Crippen LogP contribution in [0.5, 0.6) is 0 Å². The minimum Gasteiger partial charge on any atom is -0.444 e. The summed E-state index contributed by atoms with van der Waals surface area (Å²) < 4.78 is 54.8. The van der Waals surface area contributed by atoms with E-state index in [1.807, 2.05) is 18.4 Å². The number of carbonyl (C=O) groups excluding carboxylic acids is 1. The summed E-state index contributed by atoms with van der Waals surface area (Å²) in [6.07, 6.45) is -0.0280. The van der Waals surface area contributed by atoms with E-state index >= 15 is 0 Å². The molecule has 5 atom stereocenters. The molecule has 0 aromatic carbocycles. The third kappa shape index (κ3) is 5.53. The molecule has 0 bridgehead atoms. The van der Waals surface area contributed by atoms with Crippen LogP contribution >= 0.6 is 11.6 Å². The summed E-state index contributed by atoms with van der Waals surface area (Å²) in [7, 11) is 0. The molecule has 1 amide bonds. The van der Waals surface area contributed by atoms with Gasteiger partial charge in [0, 0.05) is 31.7 Å². The average Bonchev–Trinajstić information content (AvgIpc) is 3.47. The lowest BCUT2D eigenvalue weighted by molar-refractivity contribution is -0.198. The zero-order valence-electron chi connectivity index (χ0n) is 21.4. The number of hydrogen-bond acceptors (Lipinski definition) is 8. The van der Waals surface area contributed by atoms with Gasteiger partial charge in [0.05, 0.1) is 11.9 Å². The standard InChI is InChI=1S/C24H32ClF2N5O5/c1-22(2,3)37-21(33)28-9-13-8-24(26,27)11-31(13)10-15-16-17(36-23(4,5)35-16)20(34-15)32-7-6-14-18(25)29-12-30-19(14)32/h6-7,12-13,15-17,20H,8-11H2,1-5H3,(H,28,33)/t13-,15-,16-,17-,20-/m1/s1. The number of fused-ring (bicyclic) bond motifs is 2. The number of halogens is 3. The molecule has 3 aliphatic rings. The van der Waals surface area contributed by atoms with Crippen molar-refractivity contribution in [3.63, 3.8) is 0 Å². The molecule has 1 N–H and O–H groups in total. The van der Waals surface area contributed by atoms with E-state index in [9.17, 15) is 13.6 Å². The maximum Gasteiger partial charge on any atom is 0.407 e. The molecule has 3 aliphatic heterocycles. The van der Waals surface area contributed by atoms with E-state index < -0.39 is 60.5 Å². The summed E-state index contributed by atoms with van der Waals surface area (Å²) in [5.41, 5.74) is -0.111. The Morgan fingerprint density at radius 1 is 1.27 bits per heavy atom. The molecule has 0 saturated carbocycles. The number of carbonyl (C=O) groups is 1. The van der Waals surface area contributed by atoms with E-state index in [2.05, 4.69) is 15.3 Å². The van der Waals surface area contributed by atoms with Crippen LogP contribution in [0.1, 0.15) is 47.3 Å². The van der Waals surface area contributed by atoms with Crippen molar-refractivity contribution in [2.24, 2.45) is 0 Å². The number of alkyl carbamates (subject to hydrolysis) is 1. The van der Waals surface area contributed by atoms with Gasteiger partial charge in [0.2, 0.25) is 0 Å². The molecule has 2 aromatic heterocycles. The number of ether oxygens (including phenoxy) is 4. The van der Waals surface area contributed by atoms with Gasteiger partial charge in [-0.1, -0.05) is 11.6 Å². The third-order valence-electron chi connectivity index (χ3n) is 6.64. The van der Waals surface area contributed by atoms with Crippen LogP contribution in [0, 0.1) is 0 Å². The molecule has 0 aliphatic carbocycles. The predicted molar refractivity (Wildman–Crippen MR) is 129 cm³/mol. The normalized spacial score (nSPS) is 31.1. The Balaban J connectivity index is 1.34. The molecule has 3 fully saturated rings. The Labute approximate surface area is 218 Å². The first-order valence-corrected chi connectivity index (χ1v) is 12.7. The van der Waals surface area contributed by atoms with Crippen LogP contribution in [-0.4, -0.2) is 86.8 Å². The summed E-state index contributed by atoms with van der Waals surface area (Å²) in [5.74, 6) is -3.77. The molecule has 2 aromatic rings. The third-order valence-corrected chi connectivity index (χ3v) is 6.94. The molecule has 13 heteroatoms. The molecular formula is C24H32ClF2N5O5. The minimum atomic E-state index is -2.89. The van der Waals surface area contributed by atoms with Crippen molar-refractivity contribution in [3.05, 3.63) is 23.7 Å². The van der Waals surface area contributed by atoms with E-state index in [0.29, 0.717) is 16.2 Å². The molecule has 10 nitrogen and oxygen atoms in total. The molecule has 37 heavy (non-hydrogen) atoms. The Kier molecular flexibility index (Phi) is 6.63. The quantitative estimate of drug-likeness (QED) is 0.569. The number of likely N-dealkylation sites (tertiary alicyclic amines) is 1. The molecule has 0 unspecified atom stereocenters. The Bertz CT molecular complexity index is 1170. The fourth-order valence-electron chi connectivity index (χ4n) is 5.30. The highest BCUT2D eigenvalue weighted by Gasteiger charge is 2.57. The van der Waals surface area contributed by atoms with E-state index in [4.69, 9.17) is 30.5 Å². The molecule has 5 rings (SSSR count). The van der Waals surface area contributed by atoms with Crippen LogP contribution in [0.2, 0.25) is 5.15 Å². The van der Waals surface area contributed by atoms with E-state index in [1.165, 1.54) is 6.33 Å². The fraction of sp³-hybridized carbons (Fsp3) is 0.708. The van der Waals surface area contributed by atoms with Gasteiger partial charge in [-0.2, -0.15) is 0 Å². The van der Waals surface area contributed by atoms with E-state index in [0.717, 1.165) is 0 Å². The monoisotopic (exact) mass is 543 g/mol. The van der Waals surface area contributed by atoms with Crippen molar-refractivity contribution in [2.45, 2.75) is 88.9 Å². The largest absolute Gasteiger partial charge is 0.444 e. The lowest BCUT2D eigenvalue weighted by Gasteiger charge is -2.30. The minimum absolute atomic E-state index is 0.0231. The summed E-state index contributed by atoms with van der Waals surface area (Å²) in [5, 5.41) is 3.61. The first kappa shape index (κ1) is 26.5. The lowest BCUT2D eigenvalue weighted by Crippen LogP contribution is -2.46. The van der Waals surface area contributed by atoms with Gasteiger partial charge in [-0.3, -0.25) is 4.90 Å². The lowest BCUT2D eigenvalue weighted by atomic mass is 10.1. The Morgan fingerprint density at radius 3 is 2.73 bits per heavy atom. The molecular weight excluding hydrogens is 512 g/mol. The van der Waals surface area contributed by atoms with Crippen LogP contribution in [0.25, 0.3) is 11.0 Å². The maximum absolute atomic E-state index is 14.5. The second-order valence-corrected chi connectivity index (χ2v) is 11.6. The van der Waals surface area contributed by atoms with Gasteiger partial charge in [0.1, 0.15) is 41.0 Å². The molecule has 0 spiro atoms. The van der Waals surface area contributed by atoms with Crippen molar-refractivity contribution in [1.29, 1.82) is 0 Å². The van der Waals surface area contributed by atoms with Gasteiger partial charge < -0.3 is 28.8 Å². The Hall–Kier alpha value is -2.12. The van der Waals surface area contributed by atoms with Gasteiger partial charge >= 0.3 is 6.09 Å². The zero-order chi connectivity index (χ0) is 26.8. The van der Waals surface area contributed by atoms with Gasteiger partial charge in [0.25, 0.3) is 5.92 Å². The summed E-state index contributed by atoms with van der Waals surface area (Å²) in [6, 6.07) is 1.20. The van der Waals surface area contributed by atoms with Gasteiger partial charge in [-0.15, -0.1) is 0 Å². The number of nitrogens with zero attached hydrogens (tertiary/aromatic N) is 4. The second kappa shape index (κ2) is 9.26. The van der Waals surface area contributed by atoms with Crippen molar-refractivity contribution in [3.8, 4) is 0 Å². The number of nitrogens with one attached hydrogen (secondary N) is 1. The molecule has 5 heterocycles. The predicted octanol–water partition coefficient (Wildman–Crippen LogP) is 3.74. The Morgan fingerprint density at radius 2 is 2.00 bits per heavy atom. The topological polar surface area (TPSA) is 100.0 Å². The van der Waals surface area contributed by atoms with Gasteiger partial charge in [0.15, 0.2) is 12.0 Å². The maximum atomic E-state index is 14.5. The van der Waals surface area contributed by atoms with Crippen LogP contribution in [0.4, 0.5) is 13.6 Å². The highest BCUT2D eigenvalue weighted by Crippen LogP contribution is 2.45. The van der Waals surface area contributed by atoms with Crippen molar-refractivity contribution in [1.82, 2.24) is 24.8 Å². The number of hydrogen-bond donors (Lipinski definition) is 1. The highest BCUT2D eigenvalue weighted by molar-refractivity contribution is 6.33. The summed E-state index contributed by atoms with van der Waals surface area (Å²) in [4.78, 5) is 22.1. The molecule has 3 saturated heterocycles. The van der Waals surface area contributed by atoms with Crippen LogP contribution < -0.4 is 5.32 Å². The van der Waals surface area contributed by atoms with Crippen molar-refractivity contribution < 1.29 is 32.5 Å². The number of aromatic nitrogens is 3. The second-order valence-electron chi connectivity index (χ2n) is 11.3. The zero-order valence-corrected chi connectivity index (χ0v) is 22.2. The van der Waals surface area contributed by atoms with Crippen LogP contribution in [0.15, 0.2) is 18.6 Å². The van der Waals surface area contributed by atoms with Crippen LogP contribution in [-0.2, 0) is 18.9 Å². The average molecular weight is 544 g/mol. The van der Waals surface area contributed by atoms with Crippen molar-refractivity contribution >= 4 is 28.7 Å². The van der Waals surface area contributed by atoms with Gasteiger partial charge in [-0.05, 0) is 40.7 Å². The smallest absolute Gasteiger partial charge is 0.407 e. The van der Waals surface area contributed by atoms with E-state index in [1.54, 1.807) is 37.9 Å².